The van der Waals surface area contributed by atoms with Crippen LogP contribution in [0.5, 0.6) is 17.2 Å². The molecular weight excluding hydrogens is 414 g/mol. The molecule has 30 heavy (non-hydrogen) atoms. The number of benzene rings is 2. The Hall–Kier alpha value is -3.46. The highest BCUT2D eigenvalue weighted by Crippen LogP contribution is 2.34. The number of halogens is 1. The molecule has 2 N–H and O–H groups in total. The van der Waals surface area contributed by atoms with Gasteiger partial charge in [-0.1, -0.05) is 11.6 Å². The van der Waals surface area contributed by atoms with Crippen molar-refractivity contribution >= 4 is 34.1 Å². The van der Waals surface area contributed by atoms with E-state index in [0.29, 0.717) is 38.9 Å². The highest BCUT2D eigenvalue weighted by atomic mass is 35.5. The third-order valence-electron chi connectivity index (χ3n) is 4.70. The summed E-state index contributed by atoms with van der Waals surface area (Å²) in [6, 6.07) is 8.00. The van der Waals surface area contributed by atoms with Crippen LogP contribution in [-0.2, 0) is 11.3 Å². The molecule has 2 heterocycles. The van der Waals surface area contributed by atoms with Gasteiger partial charge in [0.25, 0.3) is 5.56 Å². The Morgan fingerprint density at radius 1 is 1.23 bits per heavy atom. The molecule has 0 spiro atoms. The lowest BCUT2D eigenvalue weighted by molar-refractivity contribution is -0.116. The molecule has 1 aliphatic rings. The number of nitrogens with one attached hydrogen (secondary N) is 2. The summed E-state index contributed by atoms with van der Waals surface area (Å²) < 4.78 is 16.8. The van der Waals surface area contributed by atoms with Crippen LogP contribution in [-0.4, -0.2) is 29.4 Å². The largest absolute Gasteiger partial charge is 0.495 e. The van der Waals surface area contributed by atoms with Gasteiger partial charge in [0.1, 0.15) is 5.75 Å². The van der Waals surface area contributed by atoms with E-state index in [1.165, 1.54) is 7.11 Å². The van der Waals surface area contributed by atoms with E-state index in [1.807, 2.05) is 0 Å². The van der Waals surface area contributed by atoms with Crippen LogP contribution in [0.1, 0.15) is 12.8 Å². The Balaban J connectivity index is 1.47. The lowest BCUT2D eigenvalue weighted by atomic mass is 10.2. The second-order valence-electron chi connectivity index (χ2n) is 6.63. The van der Waals surface area contributed by atoms with Crippen LogP contribution < -0.4 is 30.8 Å². The van der Waals surface area contributed by atoms with Crippen molar-refractivity contribution in [3.63, 3.8) is 0 Å². The average molecular weight is 432 g/mol. The smallest absolute Gasteiger partial charge is 0.328 e. The maximum absolute atomic E-state index is 12.8. The predicted molar refractivity (Wildman–Crippen MR) is 111 cm³/mol. The molecular formula is C20H18ClN3O6. The van der Waals surface area contributed by atoms with Crippen LogP contribution >= 0.6 is 11.6 Å². The SMILES string of the molecule is COc1ccc(Cl)cc1NC(=O)CCCn1c(=O)[nH]c2cc3c(cc2c1=O)OCO3. The van der Waals surface area contributed by atoms with Crippen LogP contribution in [0.3, 0.4) is 0 Å². The highest BCUT2D eigenvalue weighted by Gasteiger charge is 2.17. The number of aromatic amines is 1. The second-order valence-corrected chi connectivity index (χ2v) is 7.07. The summed E-state index contributed by atoms with van der Waals surface area (Å²) >= 11 is 5.96. The molecule has 0 fully saturated rings. The first-order chi connectivity index (χ1) is 14.5. The summed E-state index contributed by atoms with van der Waals surface area (Å²) in [6.45, 7) is 0.148. The van der Waals surface area contributed by atoms with Crippen molar-refractivity contribution in [1.82, 2.24) is 9.55 Å². The van der Waals surface area contributed by atoms with Crippen LogP contribution in [0.4, 0.5) is 5.69 Å². The third-order valence-corrected chi connectivity index (χ3v) is 4.93. The van der Waals surface area contributed by atoms with Crippen molar-refractivity contribution in [2.24, 2.45) is 0 Å². The Morgan fingerprint density at radius 2 is 2.00 bits per heavy atom. The number of hydrogen-bond acceptors (Lipinski definition) is 6. The first-order valence-electron chi connectivity index (χ1n) is 9.16. The van der Waals surface area contributed by atoms with E-state index in [1.54, 1.807) is 30.3 Å². The molecule has 0 radical (unpaired) electrons. The predicted octanol–water partition coefficient (Wildman–Crippen LogP) is 2.50. The first-order valence-corrected chi connectivity index (χ1v) is 9.54. The second kappa shape index (κ2) is 8.11. The molecule has 0 aliphatic carbocycles. The molecule has 10 heteroatoms. The van der Waals surface area contributed by atoms with Crippen molar-refractivity contribution < 1.29 is 19.0 Å². The minimum atomic E-state index is -0.553. The van der Waals surface area contributed by atoms with Crippen molar-refractivity contribution in [3.8, 4) is 17.2 Å². The van der Waals surface area contributed by atoms with Gasteiger partial charge in [-0.05, 0) is 30.7 Å². The van der Waals surface area contributed by atoms with Gasteiger partial charge in [0.15, 0.2) is 11.5 Å². The molecule has 2 aromatic carbocycles. The van der Waals surface area contributed by atoms with Gasteiger partial charge in [-0.2, -0.15) is 0 Å². The lowest BCUT2D eigenvalue weighted by Gasteiger charge is -2.11. The topological polar surface area (TPSA) is 112 Å². The number of H-pyrrole nitrogens is 1. The molecule has 0 atom stereocenters. The third kappa shape index (κ3) is 3.84. The van der Waals surface area contributed by atoms with E-state index in [9.17, 15) is 14.4 Å². The molecule has 1 amide bonds. The van der Waals surface area contributed by atoms with Gasteiger partial charge in [-0.15, -0.1) is 0 Å². The Kier molecular flexibility index (Phi) is 5.37. The highest BCUT2D eigenvalue weighted by molar-refractivity contribution is 6.31. The number of methoxy groups -OCH3 is 1. The van der Waals surface area contributed by atoms with Crippen molar-refractivity contribution in [2.45, 2.75) is 19.4 Å². The lowest BCUT2D eigenvalue weighted by Crippen LogP contribution is -2.35. The summed E-state index contributed by atoms with van der Waals surface area (Å²) in [5.41, 5.74) is -0.185. The molecule has 0 bridgehead atoms. The maximum Gasteiger partial charge on any atom is 0.328 e. The number of anilines is 1. The van der Waals surface area contributed by atoms with Crippen molar-refractivity contribution in [2.75, 3.05) is 19.2 Å². The minimum absolute atomic E-state index is 0.0661. The zero-order chi connectivity index (χ0) is 21.3. The zero-order valence-corrected chi connectivity index (χ0v) is 16.7. The van der Waals surface area contributed by atoms with Crippen molar-refractivity contribution in [3.05, 3.63) is 56.2 Å². The summed E-state index contributed by atoms with van der Waals surface area (Å²) in [4.78, 5) is 40.0. The number of nitrogens with zero attached hydrogens (tertiary/aromatic N) is 1. The number of amides is 1. The summed E-state index contributed by atoms with van der Waals surface area (Å²) in [5.74, 6) is 1.12. The Bertz CT molecular complexity index is 1250. The van der Waals surface area contributed by atoms with Gasteiger partial charge in [0, 0.05) is 24.1 Å². The summed E-state index contributed by atoms with van der Waals surface area (Å²) in [5, 5.41) is 3.49. The number of rotatable bonds is 6. The zero-order valence-electron chi connectivity index (χ0n) is 16.0. The van der Waals surface area contributed by atoms with E-state index < -0.39 is 11.2 Å². The van der Waals surface area contributed by atoms with Gasteiger partial charge in [-0.25, -0.2) is 4.79 Å². The average Bonchev–Trinajstić information content (AvgIpc) is 3.17. The van der Waals surface area contributed by atoms with Gasteiger partial charge < -0.3 is 24.5 Å². The fourth-order valence-electron chi connectivity index (χ4n) is 3.23. The molecule has 0 saturated carbocycles. The quantitative estimate of drug-likeness (QED) is 0.620. The van der Waals surface area contributed by atoms with E-state index in [2.05, 4.69) is 10.3 Å². The Labute approximate surface area is 175 Å². The molecule has 156 valence electrons. The van der Waals surface area contributed by atoms with Crippen LogP contribution in [0.15, 0.2) is 39.9 Å². The van der Waals surface area contributed by atoms with E-state index in [-0.39, 0.29) is 32.1 Å². The molecule has 0 unspecified atom stereocenters. The van der Waals surface area contributed by atoms with E-state index in [0.717, 1.165) is 4.57 Å². The molecule has 1 aromatic heterocycles. The number of fused-ring (bicyclic) bond motifs is 2. The monoisotopic (exact) mass is 431 g/mol. The molecule has 4 rings (SSSR count). The number of carbonyl (C=O) groups excluding carboxylic acids is 1. The Morgan fingerprint density at radius 3 is 2.77 bits per heavy atom. The van der Waals surface area contributed by atoms with Gasteiger partial charge >= 0.3 is 5.69 Å². The number of aromatic nitrogens is 2. The number of hydrogen-bond donors (Lipinski definition) is 2. The maximum atomic E-state index is 12.8. The number of ether oxygens (including phenoxy) is 3. The molecule has 0 saturated heterocycles. The fourth-order valence-corrected chi connectivity index (χ4v) is 3.41. The van der Waals surface area contributed by atoms with Gasteiger partial charge in [0.05, 0.1) is 23.7 Å². The van der Waals surface area contributed by atoms with E-state index in [4.69, 9.17) is 25.8 Å². The summed E-state index contributed by atoms with van der Waals surface area (Å²) in [7, 11) is 1.49. The van der Waals surface area contributed by atoms with Crippen molar-refractivity contribution in [1.29, 1.82) is 0 Å². The summed E-state index contributed by atoms with van der Waals surface area (Å²) in [6.07, 6.45) is 0.383. The van der Waals surface area contributed by atoms with Gasteiger partial charge in [-0.3, -0.25) is 14.2 Å². The normalized spacial score (nSPS) is 12.2. The molecule has 1 aliphatic heterocycles. The fraction of sp³-hybridized carbons (Fsp3) is 0.250. The molecule has 9 nitrogen and oxygen atoms in total. The molecule has 3 aromatic rings. The van der Waals surface area contributed by atoms with Crippen LogP contribution in [0.2, 0.25) is 5.02 Å². The first kappa shape index (κ1) is 19.8. The van der Waals surface area contributed by atoms with E-state index >= 15 is 0 Å². The van der Waals surface area contributed by atoms with Gasteiger partial charge in [0.2, 0.25) is 12.7 Å². The van der Waals surface area contributed by atoms with Crippen LogP contribution in [0, 0.1) is 0 Å². The van der Waals surface area contributed by atoms with Crippen LogP contribution in [0.25, 0.3) is 10.9 Å². The minimum Gasteiger partial charge on any atom is -0.495 e. The standard InChI is InChI=1S/C20H18ClN3O6/c1-28-15-5-4-11(21)7-14(15)22-18(25)3-2-6-24-19(26)12-8-16-17(30-10-29-16)9-13(12)23-20(24)27/h4-5,7-9H,2-3,6,10H2,1H3,(H,22,25)(H,23,27). The number of carbonyl (C=O) groups is 1.